The summed E-state index contributed by atoms with van der Waals surface area (Å²) in [6, 6.07) is 0. The van der Waals surface area contributed by atoms with E-state index in [1.54, 1.807) is 0 Å². The van der Waals surface area contributed by atoms with Gasteiger partial charge in [0.2, 0.25) is 5.91 Å². The molecule has 0 aromatic heterocycles. The SMILES string of the molecule is C=CC(=O)N1CC2CCNCC2C1. The summed E-state index contributed by atoms with van der Waals surface area (Å²) in [5.74, 6) is 1.50. The minimum absolute atomic E-state index is 0.0920. The summed E-state index contributed by atoms with van der Waals surface area (Å²) in [5.41, 5.74) is 0. The highest BCUT2D eigenvalue weighted by Gasteiger charge is 2.35. The van der Waals surface area contributed by atoms with E-state index < -0.39 is 0 Å². The standard InChI is InChI=1S/C10H16N2O/c1-2-10(13)12-6-8-3-4-11-5-9(8)7-12/h2,8-9,11H,1,3-7H2. The first-order valence-corrected chi connectivity index (χ1v) is 4.93. The zero-order valence-electron chi connectivity index (χ0n) is 7.83. The van der Waals surface area contributed by atoms with Crippen molar-refractivity contribution in [2.45, 2.75) is 6.42 Å². The number of fused-ring (bicyclic) bond motifs is 1. The molecule has 1 N–H and O–H groups in total. The lowest BCUT2D eigenvalue weighted by atomic mass is 9.90. The molecule has 2 rings (SSSR count). The van der Waals surface area contributed by atoms with E-state index >= 15 is 0 Å². The van der Waals surface area contributed by atoms with E-state index in [0.717, 1.165) is 32.1 Å². The van der Waals surface area contributed by atoms with Gasteiger partial charge in [-0.05, 0) is 37.4 Å². The van der Waals surface area contributed by atoms with E-state index in [1.807, 2.05) is 4.90 Å². The predicted molar refractivity (Wildman–Crippen MR) is 51.2 cm³/mol. The Morgan fingerprint density at radius 1 is 1.46 bits per heavy atom. The average molecular weight is 180 g/mol. The first-order valence-electron chi connectivity index (χ1n) is 4.93. The highest BCUT2D eigenvalue weighted by Crippen LogP contribution is 2.27. The zero-order valence-corrected chi connectivity index (χ0v) is 7.83. The molecule has 0 aliphatic carbocycles. The van der Waals surface area contributed by atoms with Gasteiger partial charge in [0.25, 0.3) is 0 Å². The average Bonchev–Trinajstić information content (AvgIpc) is 2.59. The van der Waals surface area contributed by atoms with Crippen LogP contribution >= 0.6 is 0 Å². The monoisotopic (exact) mass is 180 g/mol. The summed E-state index contributed by atoms with van der Waals surface area (Å²) in [5, 5.41) is 3.37. The van der Waals surface area contributed by atoms with Gasteiger partial charge >= 0.3 is 0 Å². The third kappa shape index (κ3) is 1.61. The van der Waals surface area contributed by atoms with Crippen LogP contribution in [0, 0.1) is 11.8 Å². The molecule has 13 heavy (non-hydrogen) atoms. The van der Waals surface area contributed by atoms with E-state index in [1.165, 1.54) is 12.5 Å². The van der Waals surface area contributed by atoms with Crippen LogP contribution in [0.2, 0.25) is 0 Å². The summed E-state index contributed by atoms with van der Waals surface area (Å²) in [6.45, 7) is 7.56. The van der Waals surface area contributed by atoms with Gasteiger partial charge in [-0.3, -0.25) is 4.79 Å². The van der Waals surface area contributed by atoms with Crippen LogP contribution in [-0.4, -0.2) is 37.0 Å². The molecule has 1 amide bonds. The fraction of sp³-hybridized carbons (Fsp3) is 0.700. The minimum atomic E-state index is 0.0920. The molecule has 2 heterocycles. The number of hydrogen-bond acceptors (Lipinski definition) is 2. The molecule has 0 spiro atoms. The molecule has 72 valence electrons. The second kappa shape index (κ2) is 3.50. The fourth-order valence-electron chi connectivity index (χ4n) is 2.38. The van der Waals surface area contributed by atoms with Gasteiger partial charge in [0.1, 0.15) is 0 Å². The van der Waals surface area contributed by atoms with E-state index in [4.69, 9.17) is 0 Å². The summed E-state index contributed by atoms with van der Waals surface area (Å²) < 4.78 is 0. The summed E-state index contributed by atoms with van der Waals surface area (Å²) in [7, 11) is 0. The molecule has 3 nitrogen and oxygen atoms in total. The van der Waals surface area contributed by atoms with Gasteiger partial charge in [0.15, 0.2) is 0 Å². The highest BCUT2D eigenvalue weighted by molar-refractivity contribution is 5.87. The van der Waals surface area contributed by atoms with Crippen molar-refractivity contribution in [2.24, 2.45) is 11.8 Å². The molecule has 0 aromatic carbocycles. The van der Waals surface area contributed by atoms with Gasteiger partial charge in [-0.1, -0.05) is 6.58 Å². The number of rotatable bonds is 1. The number of amides is 1. The summed E-state index contributed by atoms with van der Waals surface area (Å²) in [6.07, 6.45) is 2.64. The second-order valence-electron chi connectivity index (χ2n) is 3.96. The molecule has 0 aromatic rings. The second-order valence-corrected chi connectivity index (χ2v) is 3.96. The number of nitrogens with zero attached hydrogens (tertiary/aromatic N) is 1. The molecule has 0 radical (unpaired) electrons. The van der Waals surface area contributed by atoms with Crippen molar-refractivity contribution < 1.29 is 4.79 Å². The number of likely N-dealkylation sites (tertiary alicyclic amines) is 1. The lowest BCUT2D eigenvalue weighted by molar-refractivity contribution is -0.125. The molecular formula is C10H16N2O. The van der Waals surface area contributed by atoms with Crippen LogP contribution in [0.1, 0.15) is 6.42 Å². The lowest BCUT2D eigenvalue weighted by Crippen LogP contribution is -2.35. The van der Waals surface area contributed by atoms with Crippen LogP contribution in [0.3, 0.4) is 0 Å². The van der Waals surface area contributed by atoms with Crippen molar-refractivity contribution in [2.75, 3.05) is 26.2 Å². The molecule has 0 saturated carbocycles. The molecule has 2 atom stereocenters. The predicted octanol–water partition coefficient (Wildman–Crippen LogP) is 0.240. The van der Waals surface area contributed by atoms with Gasteiger partial charge in [0.05, 0.1) is 0 Å². The molecule has 2 aliphatic rings. The van der Waals surface area contributed by atoms with E-state index in [0.29, 0.717) is 5.92 Å². The van der Waals surface area contributed by atoms with Gasteiger partial charge in [-0.2, -0.15) is 0 Å². The normalized spacial score (nSPS) is 32.8. The van der Waals surface area contributed by atoms with Crippen LogP contribution in [0.15, 0.2) is 12.7 Å². The van der Waals surface area contributed by atoms with Crippen LogP contribution in [0.5, 0.6) is 0 Å². The van der Waals surface area contributed by atoms with Gasteiger partial charge in [-0.15, -0.1) is 0 Å². The van der Waals surface area contributed by atoms with Crippen molar-refractivity contribution in [3.8, 4) is 0 Å². The Morgan fingerprint density at radius 3 is 2.92 bits per heavy atom. The third-order valence-corrected chi connectivity index (χ3v) is 3.16. The molecule has 2 aliphatic heterocycles. The first-order chi connectivity index (χ1) is 6.31. The van der Waals surface area contributed by atoms with Crippen LogP contribution in [-0.2, 0) is 4.79 Å². The Labute approximate surface area is 78.8 Å². The smallest absolute Gasteiger partial charge is 0.245 e. The number of carbonyl (C=O) groups excluding carboxylic acids is 1. The van der Waals surface area contributed by atoms with E-state index in [9.17, 15) is 4.79 Å². The van der Waals surface area contributed by atoms with Crippen LogP contribution in [0.25, 0.3) is 0 Å². The molecule has 2 saturated heterocycles. The van der Waals surface area contributed by atoms with Crippen molar-refractivity contribution in [1.29, 1.82) is 0 Å². The van der Waals surface area contributed by atoms with Crippen molar-refractivity contribution in [3.05, 3.63) is 12.7 Å². The third-order valence-electron chi connectivity index (χ3n) is 3.16. The maximum atomic E-state index is 11.3. The molecule has 3 heteroatoms. The van der Waals surface area contributed by atoms with Gasteiger partial charge in [-0.25, -0.2) is 0 Å². The van der Waals surface area contributed by atoms with E-state index in [-0.39, 0.29) is 5.91 Å². The fourth-order valence-corrected chi connectivity index (χ4v) is 2.38. The van der Waals surface area contributed by atoms with Crippen molar-refractivity contribution in [3.63, 3.8) is 0 Å². The summed E-state index contributed by atoms with van der Waals surface area (Å²) >= 11 is 0. The number of carbonyl (C=O) groups is 1. The van der Waals surface area contributed by atoms with Crippen LogP contribution in [0.4, 0.5) is 0 Å². The first kappa shape index (κ1) is 8.75. The minimum Gasteiger partial charge on any atom is -0.339 e. The van der Waals surface area contributed by atoms with Gasteiger partial charge < -0.3 is 10.2 Å². The quantitative estimate of drug-likeness (QED) is 0.586. The lowest BCUT2D eigenvalue weighted by Gasteiger charge is -2.23. The summed E-state index contributed by atoms with van der Waals surface area (Å²) in [4.78, 5) is 13.3. The Bertz CT molecular complexity index is 213. The number of piperidine rings is 1. The Kier molecular flexibility index (Phi) is 2.36. The van der Waals surface area contributed by atoms with Gasteiger partial charge in [0, 0.05) is 13.1 Å². The maximum absolute atomic E-state index is 11.3. The zero-order chi connectivity index (χ0) is 9.26. The Balaban J connectivity index is 1.98. The Hall–Kier alpha value is -0.830. The largest absolute Gasteiger partial charge is 0.339 e. The Morgan fingerprint density at radius 2 is 2.23 bits per heavy atom. The van der Waals surface area contributed by atoms with E-state index in [2.05, 4.69) is 11.9 Å². The number of nitrogens with one attached hydrogen (secondary N) is 1. The molecular weight excluding hydrogens is 164 g/mol. The van der Waals surface area contributed by atoms with Crippen molar-refractivity contribution in [1.82, 2.24) is 10.2 Å². The maximum Gasteiger partial charge on any atom is 0.245 e. The molecule has 0 bridgehead atoms. The van der Waals surface area contributed by atoms with Crippen molar-refractivity contribution >= 4 is 5.91 Å². The van der Waals surface area contributed by atoms with Crippen LogP contribution < -0.4 is 5.32 Å². The molecule has 2 unspecified atom stereocenters. The molecule has 2 fully saturated rings. The topological polar surface area (TPSA) is 32.3 Å². The number of hydrogen-bond donors (Lipinski definition) is 1. The highest BCUT2D eigenvalue weighted by atomic mass is 16.2.